The van der Waals surface area contributed by atoms with Crippen LogP contribution in [0.1, 0.15) is 18.1 Å². The molecule has 34 heavy (non-hydrogen) atoms. The van der Waals surface area contributed by atoms with Gasteiger partial charge in [-0.3, -0.25) is 9.59 Å². The Morgan fingerprint density at radius 2 is 1.76 bits per heavy atom. The van der Waals surface area contributed by atoms with Crippen molar-refractivity contribution in [1.82, 2.24) is 15.3 Å². The highest BCUT2D eigenvalue weighted by Crippen LogP contribution is 2.23. The van der Waals surface area contributed by atoms with Gasteiger partial charge in [0.05, 0.1) is 12.2 Å². The number of aromatic nitrogens is 2. The Balaban J connectivity index is 1.28. The van der Waals surface area contributed by atoms with Gasteiger partial charge in [-0.15, -0.1) is 0 Å². The summed E-state index contributed by atoms with van der Waals surface area (Å²) >= 11 is 0.660. The lowest BCUT2D eigenvalue weighted by Crippen LogP contribution is -2.25. The monoisotopic (exact) mass is 476 g/mol. The van der Waals surface area contributed by atoms with Gasteiger partial charge in [-0.25, -0.2) is 4.98 Å². The molecule has 1 aliphatic rings. The van der Waals surface area contributed by atoms with Gasteiger partial charge in [0.15, 0.2) is 0 Å². The van der Waals surface area contributed by atoms with Crippen molar-refractivity contribution in [3.05, 3.63) is 77.6 Å². The molecule has 1 amide bonds. The standard InChI is InChI=1S/C25H24N4O4S/c1-3-17-4-10-20(11-5-17)33-22-12-13-26-24(28-22)29(2)14-15-32-19-8-6-18(7-9-19)16-21-23(30)34-25(31)27-21/h4-13,16H,3,14-15H2,1-2H3,(H,27,31). The number of likely N-dealkylation sites (N-methyl/N-ethyl adjacent to an activating group) is 1. The Kier molecular flexibility index (Phi) is 7.44. The Bertz CT molecular complexity index is 1200. The highest BCUT2D eigenvalue weighted by atomic mass is 32.2. The molecule has 0 aliphatic carbocycles. The predicted molar refractivity (Wildman–Crippen MR) is 132 cm³/mol. The summed E-state index contributed by atoms with van der Waals surface area (Å²) in [6.07, 6.45) is 4.29. The predicted octanol–water partition coefficient (Wildman–Crippen LogP) is 4.67. The van der Waals surface area contributed by atoms with Crippen LogP contribution in [0.5, 0.6) is 17.4 Å². The molecule has 0 unspecified atom stereocenters. The summed E-state index contributed by atoms with van der Waals surface area (Å²) in [5, 5.41) is 1.90. The maximum absolute atomic E-state index is 11.7. The van der Waals surface area contributed by atoms with Gasteiger partial charge in [-0.1, -0.05) is 31.2 Å². The molecule has 9 heteroatoms. The van der Waals surface area contributed by atoms with E-state index in [1.54, 1.807) is 18.3 Å². The van der Waals surface area contributed by atoms with E-state index in [4.69, 9.17) is 9.47 Å². The van der Waals surface area contributed by atoms with E-state index in [2.05, 4.69) is 22.2 Å². The number of thioether (sulfide) groups is 1. The number of hydrogen-bond donors (Lipinski definition) is 1. The third-order valence-electron chi connectivity index (χ3n) is 5.04. The summed E-state index contributed by atoms with van der Waals surface area (Å²) in [4.78, 5) is 33.6. The molecule has 2 aromatic carbocycles. The first-order valence-corrected chi connectivity index (χ1v) is 11.6. The Hall–Kier alpha value is -3.85. The van der Waals surface area contributed by atoms with Crippen molar-refractivity contribution in [3.8, 4) is 17.4 Å². The molecule has 0 spiro atoms. The summed E-state index contributed by atoms with van der Waals surface area (Å²) in [6, 6.07) is 16.9. The minimum atomic E-state index is -0.355. The number of anilines is 1. The maximum atomic E-state index is 11.7. The number of ether oxygens (including phenoxy) is 2. The number of aryl methyl sites for hydroxylation is 1. The summed E-state index contributed by atoms with van der Waals surface area (Å²) in [5.74, 6) is 2.43. The topological polar surface area (TPSA) is 93.7 Å². The highest BCUT2D eigenvalue weighted by molar-refractivity contribution is 8.27. The molecule has 1 aromatic heterocycles. The summed E-state index contributed by atoms with van der Waals surface area (Å²) in [6.45, 7) is 3.10. The van der Waals surface area contributed by atoms with E-state index < -0.39 is 0 Å². The first-order valence-electron chi connectivity index (χ1n) is 10.8. The second-order valence-electron chi connectivity index (χ2n) is 7.49. The van der Waals surface area contributed by atoms with Crippen molar-refractivity contribution in [2.75, 3.05) is 25.1 Å². The zero-order chi connectivity index (χ0) is 23.9. The van der Waals surface area contributed by atoms with Crippen molar-refractivity contribution < 1.29 is 19.1 Å². The van der Waals surface area contributed by atoms with Gasteiger partial charge in [0.2, 0.25) is 16.9 Å². The third-order valence-corrected chi connectivity index (χ3v) is 5.73. The molecule has 4 rings (SSSR count). The van der Waals surface area contributed by atoms with Gasteiger partial charge < -0.3 is 19.7 Å². The molecule has 0 saturated carbocycles. The smallest absolute Gasteiger partial charge is 0.291 e. The van der Waals surface area contributed by atoms with Crippen LogP contribution in [0, 0.1) is 0 Å². The minimum Gasteiger partial charge on any atom is -0.492 e. The van der Waals surface area contributed by atoms with E-state index in [0.29, 0.717) is 42.5 Å². The van der Waals surface area contributed by atoms with Gasteiger partial charge in [0, 0.05) is 31.1 Å². The molecule has 0 atom stereocenters. The minimum absolute atomic E-state index is 0.278. The highest BCUT2D eigenvalue weighted by Gasteiger charge is 2.25. The average Bonchev–Trinajstić information content (AvgIpc) is 3.17. The number of hydrogen-bond acceptors (Lipinski definition) is 8. The van der Waals surface area contributed by atoms with Crippen LogP contribution < -0.4 is 19.7 Å². The normalized spacial score (nSPS) is 14.2. The van der Waals surface area contributed by atoms with E-state index in [9.17, 15) is 9.59 Å². The van der Waals surface area contributed by atoms with Gasteiger partial charge in [0.1, 0.15) is 18.1 Å². The SMILES string of the molecule is CCc1ccc(Oc2ccnc(N(C)CCOc3ccc(C=C4NC(=O)SC4=O)cc3)n2)cc1. The van der Waals surface area contributed by atoms with Crippen LogP contribution in [0.3, 0.4) is 0 Å². The fourth-order valence-corrected chi connectivity index (χ4v) is 3.68. The van der Waals surface area contributed by atoms with Crippen molar-refractivity contribution in [2.45, 2.75) is 13.3 Å². The van der Waals surface area contributed by atoms with Crippen LogP contribution in [0.2, 0.25) is 0 Å². The molecular weight excluding hydrogens is 452 g/mol. The van der Waals surface area contributed by atoms with Crippen LogP contribution in [-0.2, 0) is 11.2 Å². The van der Waals surface area contributed by atoms with E-state index in [1.165, 1.54) is 5.56 Å². The first-order chi connectivity index (χ1) is 16.5. The van der Waals surface area contributed by atoms with Crippen LogP contribution >= 0.6 is 11.8 Å². The van der Waals surface area contributed by atoms with Gasteiger partial charge in [0.25, 0.3) is 5.24 Å². The quantitative estimate of drug-likeness (QED) is 0.445. The lowest BCUT2D eigenvalue weighted by Gasteiger charge is -2.18. The molecule has 0 radical (unpaired) electrons. The Labute approximate surface area is 202 Å². The lowest BCUT2D eigenvalue weighted by atomic mass is 10.2. The number of carbonyl (C=O) groups excluding carboxylic acids is 2. The summed E-state index contributed by atoms with van der Waals surface area (Å²) < 4.78 is 11.7. The second-order valence-corrected chi connectivity index (χ2v) is 8.44. The largest absolute Gasteiger partial charge is 0.492 e. The van der Waals surface area contributed by atoms with E-state index >= 15 is 0 Å². The van der Waals surface area contributed by atoms with Gasteiger partial charge in [-0.05, 0) is 47.9 Å². The van der Waals surface area contributed by atoms with Gasteiger partial charge >= 0.3 is 0 Å². The molecule has 1 N–H and O–H groups in total. The van der Waals surface area contributed by atoms with E-state index in [1.807, 2.05) is 60.5 Å². The zero-order valence-electron chi connectivity index (χ0n) is 18.9. The number of rotatable bonds is 9. The fraction of sp³-hybridized carbons (Fsp3) is 0.200. The molecule has 1 saturated heterocycles. The lowest BCUT2D eigenvalue weighted by molar-refractivity contribution is -0.107. The fourth-order valence-electron chi connectivity index (χ4n) is 3.14. The van der Waals surface area contributed by atoms with Crippen LogP contribution in [0.4, 0.5) is 10.7 Å². The maximum Gasteiger partial charge on any atom is 0.291 e. The van der Waals surface area contributed by atoms with E-state index in [-0.39, 0.29) is 16.1 Å². The van der Waals surface area contributed by atoms with E-state index in [0.717, 1.165) is 17.7 Å². The van der Waals surface area contributed by atoms with Crippen molar-refractivity contribution in [2.24, 2.45) is 0 Å². The van der Waals surface area contributed by atoms with Crippen molar-refractivity contribution >= 4 is 34.1 Å². The number of nitrogens with zero attached hydrogens (tertiary/aromatic N) is 3. The number of nitrogens with one attached hydrogen (secondary N) is 1. The van der Waals surface area contributed by atoms with Crippen molar-refractivity contribution in [3.63, 3.8) is 0 Å². The number of amides is 1. The van der Waals surface area contributed by atoms with Crippen LogP contribution in [0.15, 0.2) is 66.5 Å². The second kappa shape index (κ2) is 10.8. The molecular formula is C25H24N4O4S. The molecule has 1 fully saturated rings. The Morgan fingerprint density at radius 3 is 2.44 bits per heavy atom. The molecule has 174 valence electrons. The molecule has 1 aliphatic heterocycles. The van der Waals surface area contributed by atoms with Gasteiger partial charge in [-0.2, -0.15) is 4.98 Å². The molecule has 2 heterocycles. The van der Waals surface area contributed by atoms with Crippen LogP contribution in [0.25, 0.3) is 6.08 Å². The summed E-state index contributed by atoms with van der Waals surface area (Å²) in [5.41, 5.74) is 2.33. The Morgan fingerprint density at radius 1 is 1.03 bits per heavy atom. The summed E-state index contributed by atoms with van der Waals surface area (Å²) in [7, 11) is 1.89. The number of carbonyl (C=O) groups is 2. The third kappa shape index (κ3) is 6.14. The molecule has 0 bridgehead atoms. The average molecular weight is 477 g/mol. The van der Waals surface area contributed by atoms with Crippen molar-refractivity contribution in [1.29, 1.82) is 0 Å². The molecule has 8 nitrogen and oxygen atoms in total. The zero-order valence-corrected chi connectivity index (χ0v) is 19.7. The number of benzene rings is 2. The first kappa shape index (κ1) is 23.3. The molecule has 3 aromatic rings. The van der Waals surface area contributed by atoms with Crippen LogP contribution in [-0.4, -0.2) is 40.5 Å².